The number of hydrogen-bond donors (Lipinski definition) is 1. The van der Waals surface area contributed by atoms with Crippen molar-refractivity contribution >= 4 is 17.7 Å². The number of hydroxylamine groups is 2. The molecule has 0 saturated heterocycles. The molecule has 0 bridgehead atoms. The maximum Gasteiger partial charge on any atom is 0.285 e. The molecule has 2 atom stereocenters. The smallest absolute Gasteiger partial charge is 0.285 e. The van der Waals surface area contributed by atoms with E-state index < -0.39 is 11.8 Å². The number of amides is 3. The van der Waals surface area contributed by atoms with Gasteiger partial charge in [0.1, 0.15) is 0 Å². The highest BCUT2D eigenvalue weighted by molar-refractivity contribution is 6.20. The molecule has 1 aromatic rings. The quantitative estimate of drug-likeness (QED) is 0.862. The molecule has 3 rings (SSSR count). The molecule has 1 N–H and O–H groups in total. The van der Waals surface area contributed by atoms with Gasteiger partial charge in [-0.15, -0.1) is 5.06 Å². The summed E-state index contributed by atoms with van der Waals surface area (Å²) < 4.78 is 0. The highest BCUT2D eigenvalue weighted by atomic mass is 16.7. The number of carbonyl (C=O) groups is 3. The van der Waals surface area contributed by atoms with Gasteiger partial charge in [-0.2, -0.15) is 0 Å². The summed E-state index contributed by atoms with van der Waals surface area (Å²) in [6.45, 7) is 1.48. The van der Waals surface area contributed by atoms with Crippen molar-refractivity contribution in [2.45, 2.75) is 44.8 Å². The molecule has 0 unspecified atom stereocenters. The predicted molar refractivity (Wildman–Crippen MR) is 77.9 cm³/mol. The Morgan fingerprint density at radius 3 is 2.41 bits per heavy atom. The molecule has 22 heavy (non-hydrogen) atoms. The lowest BCUT2D eigenvalue weighted by Crippen LogP contribution is -2.42. The topological polar surface area (TPSA) is 75.7 Å². The van der Waals surface area contributed by atoms with Crippen LogP contribution in [-0.2, 0) is 9.63 Å². The zero-order valence-corrected chi connectivity index (χ0v) is 12.4. The molecule has 1 aliphatic carbocycles. The second-order valence-corrected chi connectivity index (χ2v) is 5.74. The van der Waals surface area contributed by atoms with Crippen LogP contribution in [0, 0.1) is 0 Å². The van der Waals surface area contributed by atoms with Gasteiger partial charge >= 0.3 is 0 Å². The van der Waals surface area contributed by atoms with Crippen LogP contribution in [0.15, 0.2) is 24.3 Å². The van der Waals surface area contributed by atoms with Crippen LogP contribution in [0.25, 0.3) is 0 Å². The van der Waals surface area contributed by atoms with Crippen LogP contribution in [0.3, 0.4) is 0 Å². The summed E-state index contributed by atoms with van der Waals surface area (Å²) in [6.07, 6.45) is 2.91. The Bertz CT molecular complexity index is 593. The first-order chi connectivity index (χ1) is 10.6. The number of rotatable bonds is 3. The molecule has 0 radical (unpaired) electrons. The minimum Gasteiger partial charge on any atom is -0.354 e. The van der Waals surface area contributed by atoms with Crippen LogP contribution in [0.2, 0.25) is 0 Å². The monoisotopic (exact) mass is 302 g/mol. The molecule has 1 aliphatic heterocycles. The lowest BCUT2D eigenvalue weighted by atomic mass is 9.93. The fourth-order valence-corrected chi connectivity index (χ4v) is 3.07. The highest BCUT2D eigenvalue weighted by Gasteiger charge is 2.38. The lowest BCUT2D eigenvalue weighted by Gasteiger charge is -2.30. The molecule has 6 heteroatoms. The van der Waals surface area contributed by atoms with Crippen LogP contribution in [0.1, 0.15) is 53.3 Å². The van der Waals surface area contributed by atoms with E-state index in [1.165, 1.54) is 6.92 Å². The lowest BCUT2D eigenvalue weighted by molar-refractivity contribution is -0.144. The third-order valence-electron chi connectivity index (χ3n) is 4.04. The maximum atomic E-state index is 12.3. The summed E-state index contributed by atoms with van der Waals surface area (Å²) in [5.74, 6) is -0.907. The minimum absolute atomic E-state index is 0.0337. The Balaban J connectivity index is 1.68. The number of nitrogens with zero attached hydrogens (tertiary/aromatic N) is 1. The Morgan fingerprint density at radius 2 is 1.82 bits per heavy atom. The van der Waals surface area contributed by atoms with Gasteiger partial charge in [0.15, 0.2) is 0 Å². The van der Waals surface area contributed by atoms with Gasteiger partial charge in [-0.1, -0.05) is 12.1 Å². The number of nitrogens with one attached hydrogen (secondary N) is 1. The van der Waals surface area contributed by atoms with Gasteiger partial charge < -0.3 is 5.32 Å². The van der Waals surface area contributed by atoms with Gasteiger partial charge in [0, 0.05) is 13.0 Å². The number of hydrogen-bond acceptors (Lipinski definition) is 4. The largest absolute Gasteiger partial charge is 0.354 e. The Labute approximate surface area is 128 Å². The minimum atomic E-state index is -0.415. The summed E-state index contributed by atoms with van der Waals surface area (Å²) in [5, 5.41) is 3.74. The molecule has 2 aliphatic rings. The van der Waals surface area contributed by atoms with Gasteiger partial charge in [0.25, 0.3) is 11.8 Å². The van der Waals surface area contributed by atoms with E-state index in [0.717, 1.165) is 24.3 Å². The van der Waals surface area contributed by atoms with Gasteiger partial charge in [-0.3, -0.25) is 19.2 Å². The average Bonchev–Trinajstić information content (AvgIpc) is 2.73. The van der Waals surface area contributed by atoms with E-state index in [4.69, 9.17) is 4.84 Å². The summed E-state index contributed by atoms with van der Waals surface area (Å²) in [5.41, 5.74) is 0.753. The van der Waals surface area contributed by atoms with Gasteiger partial charge in [-0.25, -0.2) is 0 Å². The molecule has 1 saturated carbocycles. The predicted octanol–water partition coefficient (Wildman–Crippen LogP) is 1.66. The second kappa shape index (κ2) is 5.88. The van der Waals surface area contributed by atoms with Crippen molar-refractivity contribution in [2.24, 2.45) is 0 Å². The first kappa shape index (κ1) is 14.7. The molecular weight excluding hydrogens is 284 g/mol. The molecule has 1 aromatic carbocycles. The van der Waals surface area contributed by atoms with Crippen molar-refractivity contribution in [1.82, 2.24) is 10.4 Å². The van der Waals surface area contributed by atoms with E-state index in [9.17, 15) is 14.4 Å². The number of imide groups is 1. The van der Waals surface area contributed by atoms with Crippen LogP contribution >= 0.6 is 0 Å². The van der Waals surface area contributed by atoms with E-state index in [1.54, 1.807) is 24.3 Å². The zero-order chi connectivity index (χ0) is 15.7. The second-order valence-electron chi connectivity index (χ2n) is 5.74. The number of benzene rings is 1. The van der Waals surface area contributed by atoms with Gasteiger partial charge in [0.2, 0.25) is 5.91 Å². The van der Waals surface area contributed by atoms with Crippen LogP contribution < -0.4 is 5.32 Å². The third kappa shape index (κ3) is 2.74. The third-order valence-corrected chi connectivity index (χ3v) is 4.04. The van der Waals surface area contributed by atoms with Crippen molar-refractivity contribution in [1.29, 1.82) is 0 Å². The average molecular weight is 302 g/mol. The van der Waals surface area contributed by atoms with E-state index in [-0.39, 0.29) is 18.1 Å². The molecule has 3 amide bonds. The van der Waals surface area contributed by atoms with E-state index in [2.05, 4.69) is 5.32 Å². The fraction of sp³-hybridized carbons (Fsp3) is 0.438. The van der Waals surface area contributed by atoms with Crippen LogP contribution in [-0.4, -0.2) is 34.9 Å². The molecule has 6 nitrogen and oxygen atoms in total. The molecule has 116 valence electrons. The van der Waals surface area contributed by atoms with E-state index >= 15 is 0 Å². The van der Waals surface area contributed by atoms with Crippen molar-refractivity contribution in [3.63, 3.8) is 0 Å². The van der Waals surface area contributed by atoms with Gasteiger partial charge in [-0.05, 0) is 37.8 Å². The summed E-state index contributed by atoms with van der Waals surface area (Å²) in [6, 6.07) is 6.73. The van der Waals surface area contributed by atoms with Crippen molar-refractivity contribution in [3.8, 4) is 0 Å². The standard InChI is InChI=1S/C16H18N2O4/c1-10(19)17-11-5-4-6-12(9-11)22-18-15(20)13-7-2-3-8-14(13)16(18)21/h2-3,7-8,11-12H,4-6,9H2,1H3,(H,17,19)/t11-,12+/m0/s1. The molecule has 1 fully saturated rings. The Hall–Kier alpha value is -2.21. The molecule has 0 aromatic heterocycles. The van der Waals surface area contributed by atoms with Crippen LogP contribution in [0.5, 0.6) is 0 Å². The Morgan fingerprint density at radius 1 is 1.18 bits per heavy atom. The molecular formula is C16H18N2O4. The first-order valence-corrected chi connectivity index (χ1v) is 7.48. The van der Waals surface area contributed by atoms with E-state index in [1.807, 2.05) is 0 Å². The van der Waals surface area contributed by atoms with E-state index in [0.29, 0.717) is 17.5 Å². The summed E-state index contributed by atoms with van der Waals surface area (Å²) >= 11 is 0. The molecule has 0 spiro atoms. The molecule has 1 heterocycles. The zero-order valence-electron chi connectivity index (χ0n) is 12.4. The van der Waals surface area contributed by atoms with Gasteiger partial charge in [0.05, 0.1) is 17.2 Å². The van der Waals surface area contributed by atoms with Crippen molar-refractivity contribution in [3.05, 3.63) is 35.4 Å². The maximum absolute atomic E-state index is 12.3. The number of fused-ring (bicyclic) bond motifs is 1. The van der Waals surface area contributed by atoms with Crippen molar-refractivity contribution in [2.75, 3.05) is 0 Å². The first-order valence-electron chi connectivity index (χ1n) is 7.48. The number of carbonyl (C=O) groups excluding carboxylic acids is 3. The van der Waals surface area contributed by atoms with Crippen LogP contribution in [0.4, 0.5) is 0 Å². The SMILES string of the molecule is CC(=O)N[C@H]1CCC[C@@H](ON2C(=O)c3ccccc3C2=O)C1. The van der Waals surface area contributed by atoms with Crippen molar-refractivity contribution < 1.29 is 19.2 Å². The Kier molecular flexibility index (Phi) is 3.94. The fourth-order valence-electron chi connectivity index (χ4n) is 3.07. The highest BCUT2D eigenvalue weighted by Crippen LogP contribution is 2.27. The summed E-state index contributed by atoms with van der Waals surface area (Å²) in [4.78, 5) is 41.3. The summed E-state index contributed by atoms with van der Waals surface area (Å²) in [7, 11) is 0. The normalized spacial score (nSPS) is 24.3.